The summed E-state index contributed by atoms with van der Waals surface area (Å²) in [5.41, 5.74) is 0.621. The molecule has 0 aliphatic rings. The monoisotopic (exact) mass is 420 g/mol. The molecule has 0 radical (unpaired) electrons. The van der Waals surface area contributed by atoms with Crippen LogP contribution in [-0.2, 0) is 20.9 Å². The molecule has 9 nitrogen and oxygen atoms in total. The highest BCUT2D eigenvalue weighted by molar-refractivity contribution is 6.32. The van der Waals surface area contributed by atoms with Crippen molar-refractivity contribution in [3.63, 3.8) is 0 Å². The van der Waals surface area contributed by atoms with E-state index in [1.54, 1.807) is 6.07 Å². The molecule has 11 heteroatoms. The largest absolute Gasteiger partial charge is 0.451 e. The maximum atomic E-state index is 13.0. The number of nitrogens with zero attached hydrogens (tertiary/aromatic N) is 3. The number of pyridine rings is 1. The third-order valence-corrected chi connectivity index (χ3v) is 3.97. The molecule has 0 spiro atoms. The Labute approximate surface area is 168 Å². The minimum absolute atomic E-state index is 0.0835. The van der Waals surface area contributed by atoms with Crippen LogP contribution in [0.1, 0.15) is 6.92 Å². The molecule has 1 amide bonds. The number of rotatable bonds is 6. The molecular weight excluding hydrogens is 407 g/mol. The van der Waals surface area contributed by atoms with E-state index in [1.165, 1.54) is 43.5 Å². The molecule has 0 saturated carbocycles. The van der Waals surface area contributed by atoms with Crippen LogP contribution < -0.4 is 11.1 Å². The molecule has 0 saturated heterocycles. The highest BCUT2D eigenvalue weighted by Crippen LogP contribution is 2.18. The lowest BCUT2D eigenvalue weighted by molar-refractivity contribution is -0.154. The number of ether oxygens (including phenoxy) is 1. The van der Waals surface area contributed by atoms with Gasteiger partial charge in [-0.1, -0.05) is 11.6 Å². The Morgan fingerprint density at radius 2 is 2.03 bits per heavy atom. The van der Waals surface area contributed by atoms with Crippen LogP contribution in [0.2, 0.25) is 5.15 Å². The van der Waals surface area contributed by atoms with Gasteiger partial charge in [0.1, 0.15) is 12.4 Å². The van der Waals surface area contributed by atoms with Crippen LogP contribution in [-0.4, -0.2) is 32.7 Å². The van der Waals surface area contributed by atoms with E-state index < -0.39 is 36.1 Å². The lowest BCUT2D eigenvalue weighted by Crippen LogP contribution is -2.32. The van der Waals surface area contributed by atoms with E-state index in [4.69, 9.17) is 20.8 Å². The molecule has 0 aliphatic heterocycles. The van der Waals surface area contributed by atoms with Gasteiger partial charge in [-0.25, -0.2) is 14.2 Å². The Morgan fingerprint density at radius 1 is 1.31 bits per heavy atom. The van der Waals surface area contributed by atoms with E-state index >= 15 is 0 Å². The summed E-state index contributed by atoms with van der Waals surface area (Å²) in [6.45, 7) is 0.780. The summed E-state index contributed by atoms with van der Waals surface area (Å²) in [5, 5.41) is 6.43. The summed E-state index contributed by atoms with van der Waals surface area (Å²) in [6, 6.07) is 8.22. The Morgan fingerprint density at radius 3 is 2.72 bits per heavy atom. The number of aromatic nitrogens is 3. The van der Waals surface area contributed by atoms with Crippen molar-refractivity contribution in [1.82, 2.24) is 14.8 Å². The fraction of sp³-hybridized carbons (Fsp3) is 0.167. The van der Waals surface area contributed by atoms with Crippen LogP contribution in [0.4, 0.5) is 10.1 Å². The SMILES string of the molecule is CC(OC(=O)Cn1nc(-c2ccc(F)cc2)oc1=O)C(=O)Nc1cccnc1Cl. The summed E-state index contributed by atoms with van der Waals surface area (Å²) in [7, 11) is 0. The van der Waals surface area contributed by atoms with Gasteiger partial charge in [0.2, 0.25) is 5.89 Å². The van der Waals surface area contributed by atoms with Crippen LogP contribution in [0, 0.1) is 5.82 Å². The second kappa shape index (κ2) is 8.65. The van der Waals surface area contributed by atoms with E-state index in [9.17, 15) is 18.8 Å². The zero-order valence-electron chi connectivity index (χ0n) is 15.0. The topological polar surface area (TPSA) is 116 Å². The minimum Gasteiger partial charge on any atom is -0.451 e. The van der Waals surface area contributed by atoms with Gasteiger partial charge in [0.15, 0.2) is 11.3 Å². The number of hydrogen-bond acceptors (Lipinski definition) is 7. The molecule has 3 rings (SSSR count). The highest BCUT2D eigenvalue weighted by atomic mass is 35.5. The van der Waals surface area contributed by atoms with E-state index in [-0.39, 0.29) is 16.7 Å². The van der Waals surface area contributed by atoms with Gasteiger partial charge in [0.25, 0.3) is 5.91 Å². The first kappa shape index (κ1) is 20.2. The molecule has 1 atom stereocenters. The normalized spacial score (nSPS) is 11.7. The zero-order valence-corrected chi connectivity index (χ0v) is 15.7. The van der Waals surface area contributed by atoms with Crippen LogP contribution in [0.25, 0.3) is 11.5 Å². The Kier molecular flexibility index (Phi) is 6.03. The number of esters is 1. The number of anilines is 1. The van der Waals surface area contributed by atoms with Gasteiger partial charge >= 0.3 is 11.7 Å². The lowest BCUT2D eigenvalue weighted by Gasteiger charge is -2.13. The number of nitrogens with one attached hydrogen (secondary N) is 1. The van der Waals surface area contributed by atoms with Crippen molar-refractivity contribution in [2.45, 2.75) is 19.6 Å². The fourth-order valence-electron chi connectivity index (χ4n) is 2.24. The molecule has 29 heavy (non-hydrogen) atoms. The maximum Gasteiger partial charge on any atom is 0.437 e. The average Bonchev–Trinajstić information content (AvgIpc) is 3.04. The molecule has 1 unspecified atom stereocenters. The maximum absolute atomic E-state index is 13.0. The van der Waals surface area contributed by atoms with Crippen molar-refractivity contribution in [2.75, 3.05) is 5.32 Å². The Hall–Kier alpha value is -3.53. The first-order chi connectivity index (χ1) is 13.8. The molecule has 1 N–H and O–H groups in total. The first-order valence-corrected chi connectivity index (χ1v) is 8.66. The number of hydrogen-bond donors (Lipinski definition) is 1. The van der Waals surface area contributed by atoms with Crippen molar-refractivity contribution in [3.8, 4) is 11.5 Å². The standard InChI is InChI=1S/C18H14ClFN4O5/c1-10(16(26)22-13-3-2-8-21-15(13)19)28-14(25)9-24-18(27)29-17(23-24)11-4-6-12(20)7-5-11/h2-8,10H,9H2,1H3,(H,22,26). The number of halogens is 2. The van der Waals surface area contributed by atoms with Crippen molar-refractivity contribution in [2.24, 2.45) is 0 Å². The second-order valence-corrected chi connectivity index (χ2v) is 6.16. The highest BCUT2D eigenvalue weighted by Gasteiger charge is 2.21. The summed E-state index contributed by atoms with van der Waals surface area (Å²) >= 11 is 5.85. The van der Waals surface area contributed by atoms with E-state index in [0.717, 1.165) is 4.68 Å². The fourth-order valence-corrected chi connectivity index (χ4v) is 2.41. The summed E-state index contributed by atoms with van der Waals surface area (Å²) < 4.78 is 23.7. The smallest absolute Gasteiger partial charge is 0.437 e. The van der Waals surface area contributed by atoms with Crippen LogP contribution in [0.3, 0.4) is 0 Å². The van der Waals surface area contributed by atoms with Crippen molar-refractivity contribution in [1.29, 1.82) is 0 Å². The molecule has 0 aliphatic carbocycles. The lowest BCUT2D eigenvalue weighted by atomic mass is 10.2. The molecule has 0 fully saturated rings. The third-order valence-electron chi connectivity index (χ3n) is 3.67. The van der Waals surface area contributed by atoms with Crippen LogP contribution in [0.15, 0.2) is 51.8 Å². The quantitative estimate of drug-likeness (QED) is 0.480. The third kappa shape index (κ3) is 5.05. The van der Waals surface area contributed by atoms with E-state index in [2.05, 4.69) is 15.4 Å². The molecule has 2 aromatic heterocycles. The van der Waals surface area contributed by atoms with E-state index in [1.807, 2.05) is 0 Å². The Bertz CT molecular complexity index is 1100. The van der Waals surface area contributed by atoms with Gasteiger partial charge in [0.05, 0.1) is 5.69 Å². The van der Waals surface area contributed by atoms with Gasteiger partial charge < -0.3 is 14.5 Å². The predicted octanol–water partition coefficient (Wildman–Crippen LogP) is 2.26. The van der Waals surface area contributed by atoms with Gasteiger partial charge in [0, 0.05) is 11.8 Å². The Balaban J connectivity index is 1.61. The zero-order chi connectivity index (χ0) is 21.0. The molecule has 0 bridgehead atoms. The number of benzene rings is 1. The number of carbonyl (C=O) groups excluding carboxylic acids is 2. The summed E-state index contributed by atoms with van der Waals surface area (Å²) in [5.74, 6) is -2.96. The van der Waals surface area contributed by atoms with E-state index in [0.29, 0.717) is 5.56 Å². The van der Waals surface area contributed by atoms with Crippen LogP contribution >= 0.6 is 11.6 Å². The molecule has 150 valence electrons. The van der Waals surface area contributed by atoms with Crippen molar-refractivity contribution >= 4 is 29.2 Å². The predicted molar refractivity (Wildman–Crippen MR) is 99.6 cm³/mol. The summed E-state index contributed by atoms with van der Waals surface area (Å²) in [6.07, 6.45) is 0.287. The first-order valence-electron chi connectivity index (χ1n) is 8.28. The average molecular weight is 421 g/mol. The van der Waals surface area contributed by atoms with Crippen molar-refractivity contribution < 1.29 is 23.1 Å². The molecule has 1 aromatic carbocycles. The van der Waals surface area contributed by atoms with Gasteiger partial charge in [-0.15, -0.1) is 5.10 Å². The molecular formula is C18H14ClFN4O5. The molecule has 2 heterocycles. The van der Waals surface area contributed by atoms with Gasteiger partial charge in [-0.2, -0.15) is 4.68 Å². The number of amides is 1. The second-order valence-electron chi connectivity index (χ2n) is 5.80. The van der Waals surface area contributed by atoms with Crippen LogP contribution in [0.5, 0.6) is 0 Å². The minimum atomic E-state index is -1.17. The number of carbonyl (C=O) groups is 2. The summed E-state index contributed by atoms with van der Waals surface area (Å²) in [4.78, 5) is 39.9. The van der Waals surface area contributed by atoms with Crippen molar-refractivity contribution in [3.05, 3.63) is 64.1 Å². The molecule has 3 aromatic rings. The van der Waals surface area contributed by atoms with Gasteiger partial charge in [-0.3, -0.25) is 9.59 Å². The van der Waals surface area contributed by atoms with Gasteiger partial charge in [-0.05, 0) is 43.3 Å².